The van der Waals surface area contributed by atoms with E-state index in [0.717, 1.165) is 48.6 Å². The summed E-state index contributed by atoms with van der Waals surface area (Å²) in [4.78, 5) is 18.1. The molecule has 1 atom stereocenters. The molecule has 2 aromatic carbocycles. The second-order valence-electron chi connectivity index (χ2n) is 9.65. The molecule has 2 aliphatic heterocycles. The van der Waals surface area contributed by atoms with Crippen molar-refractivity contribution in [3.63, 3.8) is 0 Å². The Morgan fingerprint density at radius 1 is 1.00 bits per heavy atom. The van der Waals surface area contributed by atoms with Gasteiger partial charge in [0.1, 0.15) is 23.1 Å². The zero-order valence-electron chi connectivity index (χ0n) is 20.7. The maximum atomic E-state index is 13.5. The molecule has 1 amide bonds. The van der Waals surface area contributed by atoms with E-state index in [9.17, 15) is 4.79 Å². The molecule has 184 valence electrons. The number of fused-ring (bicyclic) bond motifs is 1. The van der Waals surface area contributed by atoms with Crippen LogP contribution in [0, 0.1) is 13.8 Å². The summed E-state index contributed by atoms with van der Waals surface area (Å²) in [6.45, 7) is 8.12. The summed E-state index contributed by atoms with van der Waals surface area (Å²) in [7, 11) is 0. The van der Waals surface area contributed by atoms with Gasteiger partial charge in [-0.05, 0) is 55.3 Å². The highest BCUT2D eigenvalue weighted by Crippen LogP contribution is 2.34. The molecule has 0 radical (unpaired) electrons. The number of aryl methyl sites for hydroxylation is 1. The summed E-state index contributed by atoms with van der Waals surface area (Å²) in [5.41, 5.74) is 5.50. The number of amides is 1. The second-order valence-corrected chi connectivity index (χ2v) is 9.65. The summed E-state index contributed by atoms with van der Waals surface area (Å²) in [6, 6.07) is 19.8. The van der Waals surface area contributed by atoms with E-state index in [0.29, 0.717) is 18.7 Å². The third-order valence-electron chi connectivity index (χ3n) is 7.40. The van der Waals surface area contributed by atoms with Gasteiger partial charge in [0.2, 0.25) is 0 Å². The van der Waals surface area contributed by atoms with Gasteiger partial charge < -0.3 is 13.7 Å². The Kier molecular flexibility index (Phi) is 5.85. The van der Waals surface area contributed by atoms with Gasteiger partial charge in [0.05, 0.1) is 12.8 Å². The van der Waals surface area contributed by atoms with Crippen LogP contribution >= 0.6 is 0 Å². The van der Waals surface area contributed by atoms with Crippen molar-refractivity contribution < 1.29 is 13.6 Å². The standard InChI is InChI=1S/C29H30N4O3/c1-20-7-5-9-24(21(20)2)32-14-12-31(13-15-32)19-29(34)33-25(27-11-6-16-35-27)18-23(30-33)28-17-22-8-3-4-10-26(22)36-28/h3-11,16-17,25H,12-15,18-19H2,1-2H3/t25-/m1/s1. The van der Waals surface area contributed by atoms with Gasteiger partial charge in [-0.15, -0.1) is 0 Å². The molecule has 0 aliphatic carbocycles. The Hall–Kier alpha value is -3.84. The summed E-state index contributed by atoms with van der Waals surface area (Å²) >= 11 is 0. The van der Waals surface area contributed by atoms with Crippen molar-refractivity contribution >= 4 is 28.3 Å². The Morgan fingerprint density at radius 2 is 1.83 bits per heavy atom. The number of furan rings is 2. The van der Waals surface area contributed by atoms with E-state index >= 15 is 0 Å². The monoisotopic (exact) mass is 482 g/mol. The average Bonchev–Trinajstić information content (AvgIpc) is 3.65. The van der Waals surface area contributed by atoms with E-state index < -0.39 is 0 Å². The Morgan fingerprint density at radius 3 is 2.61 bits per heavy atom. The molecule has 1 saturated heterocycles. The Bertz CT molecular complexity index is 1380. The van der Waals surface area contributed by atoms with Crippen LogP contribution in [-0.4, -0.2) is 54.3 Å². The molecular formula is C29H30N4O3. The van der Waals surface area contributed by atoms with Crippen LogP contribution < -0.4 is 4.90 Å². The predicted octanol–water partition coefficient (Wildman–Crippen LogP) is 5.14. The van der Waals surface area contributed by atoms with Crippen LogP contribution in [0.5, 0.6) is 0 Å². The topological polar surface area (TPSA) is 65.4 Å². The zero-order valence-corrected chi connectivity index (χ0v) is 20.7. The van der Waals surface area contributed by atoms with Crippen LogP contribution in [0.4, 0.5) is 5.69 Å². The van der Waals surface area contributed by atoms with Crippen LogP contribution in [0.1, 0.15) is 35.1 Å². The minimum Gasteiger partial charge on any atom is -0.467 e. The fourth-order valence-corrected chi connectivity index (χ4v) is 5.20. The molecule has 36 heavy (non-hydrogen) atoms. The molecular weight excluding hydrogens is 452 g/mol. The number of anilines is 1. The Labute approximate surface area is 210 Å². The molecule has 2 aliphatic rings. The van der Waals surface area contributed by atoms with E-state index in [2.05, 4.69) is 41.8 Å². The molecule has 0 bridgehead atoms. The lowest BCUT2D eigenvalue weighted by atomic mass is 10.1. The molecule has 7 nitrogen and oxygen atoms in total. The van der Waals surface area contributed by atoms with E-state index in [1.54, 1.807) is 11.3 Å². The quantitative estimate of drug-likeness (QED) is 0.394. The van der Waals surface area contributed by atoms with Crippen LogP contribution in [0.2, 0.25) is 0 Å². The number of hydrogen-bond donors (Lipinski definition) is 0. The van der Waals surface area contributed by atoms with Gasteiger partial charge >= 0.3 is 0 Å². The highest BCUT2D eigenvalue weighted by Gasteiger charge is 2.36. The molecule has 4 aromatic rings. The minimum atomic E-state index is -0.271. The summed E-state index contributed by atoms with van der Waals surface area (Å²) in [5, 5.41) is 7.37. The number of benzene rings is 2. The number of carbonyl (C=O) groups excluding carboxylic acids is 1. The smallest absolute Gasteiger partial charge is 0.257 e. The first-order valence-corrected chi connectivity index (χ1v) is 12.5. The first-order valence-electron chi connectivity index (χ1n) is 12.5. The van der Waals surface area contributed by atoms with Gasteiger partial charge in [0, 0.05) is 43.7 Å². The lowest BCUT2D eigenvalue weighted by Gasteiger charge is -2.37. The lowest BCUT2D eigenvalue weighted by Crippen LogP contribution is -2.49. The van der Waals surface area contributed by atoms with Crippen molar-refractivity contribution in [3.05, 3.63) is 89.6 Å². The molecule has 4 heterocycles. The fraction of sp³-hybridized carbons (Fsp3) is 0.310. The van der Waals surface area contributed by atoms with Crippen LogP contribution in [0.15, 0.2) is 80.9 Å². The maximum Gasteiger partial charge on any atom is 0.257 e. The Balaban J connectivity index is 1.17. The molecule has 2 aromatic heterocycles. The first kappa shape index (κ1) is 22.6. The normalized spacial score (nSPS) is 18.7. The number of para-hydroxylation sites is 1. The van der Waals surface area contributed by atoms with Gasteiger partial charge in [-0.3, -0.25) is 9.69 Å². The molecule has 6 rings (SSSR count). The molecule has 0 N–H and O–H groups in total. The third-order valence-corrected chi connectivity index (χ3v) is 7.40. The lowest BCUT2D eigenvalue weighted by molar-refractivity contribution is -0.134. The van der Waals surface area contributed by atoms with Crippen LogP contribution in [0.3, 0.4) is 0 Å². The number of hydrazone groups is 1. The number of nitrogens with zero attached hydrogens (tertiary/aromatic N) is 4. The molecule has 7 heteroatoms. The summed E-state index contributed by atoms with van der Waals surface area (Å²) < 4.78 is 11.7. The predicted molar refractivity (Wildman–Crippen MR) is 140 cm³/mol. The van der Waals surface area contributed by atoms with Crippen molar-refractivity contribution in [3.8, 4) is 0 Å². The van der Waals surface area contributed by atoms with Crippen molar-refractivity contribution in [2.75, 3.05) is 37.6 Å². The van der Waals surface area contributed by atoms with Crippen molar-refractivity contribution in [2.45, 2.75) is 26.3 Å². The number of piperazine rings is 1. The van der Waals surface area contributed by atoms with Crippen molar-refractivity contribution in [1.29, 1.82) is 0 Å². The number of rotatable bonds is 5. The average molecular weight is 483 g/mol. The van der Waals surface area contributed by atoms with E-state index in [4.69, 9.17) is 13.9 Å². The SMILES string of the molecule is Cc1cccc(N2CCN(CC(=O)N3N=C(c4cc5ccccc5o4)C[C@@H]3c3ccco3)CC2)c1C. The number of carbonyl (C=O) groups is 1. The van der Waals surface area contributed by atoms with Gasteiger partial charge in [0.15, 0.2) is 5.76 Å². The van der Waals surface area contributed by atoms with Gasteiger partial charge in [0.25, 0.3) is 5.91 Å². The highest BCUT2D eigenvalue weighted by atomic mass is 16.3. The fourth-order valence-electron chi connectivity index (χ4n) is 5.20. The van der Waals surface area contributed by atoms with E-state index in [-0.39, 0.29) is 11.9 Å². The highest BCUT2D eigenvalue weighted by molar-refractivity contribution is 6.03. The van der Waals surface area contributed by atoms with Crippen molar-refractivity contribution in [1.82, 2.24) is 9.91 Å². The van der Waals surface area contributed by atoms with Crippen molar-refractivity contribution in [2.24, 2.45) is 5.10 Å². The second kappa shape index (κ2) is 9.32. The molecule has 0 saturated carbocycles. The zero-order chi connectivity index (χ0) is 24.6. The summed E-state index contributed by atoms with van der Waals surface area (Å²) in [5.74, 6) is 1.41. The maximum absolute atomic E-state index is 13.5. The molecule has 0 unspecified atom stereocenters. The third kappa shape index (κ3) is 4.20. The largest absolute Gasteiger partial charge is 0.467 e. The van der Waals surface area contributed by atoms with E-state index in [1.165, 1.54) is 16.8 Å². The first-order chi connectivity index (χ1) is 17.6. The molecule has 1 fully saturated rings. The molecule has 0 spiro atoms. The van der Waals surface area contributed by atoms with Gasteiger partial charge in [-0.1, -0.05) is 30.3 Å². The number of hydrogen-bond acceptors (Lipinski definition) is 6. The van der Waals surface area contributed by atoms with Crippen LogP contribution in [0.25, 0.3) is 11.0 Å². The van der Waals surface area contributed by atoms with Gasteiger partial charge in [-0.25, -0.2) is 5.01 Å². The van der Waals surface area contributed by atoms with Crippen LogP contribution in [-0.2, 0) is 4.79 Å². The van der Waals surface area contributed by atoms with Gasteiger partial charge in [-0.2, -0.15) is 5.10 Å². The summed E-state index contributed by atoms with van der Waals surface area (Å²) in [6.07, 6.45) is 2.20. The van der Waals surface area contributed by atoms with E-state index in [1.807, 2.05) is 42.5 Å². The minimum absolute atomic E-state index is 0.0253.